The lowest BCUT2D eigenvalue weighted by molar-refractivity contribution is 0.0382. The largest absolute Gasteiger partial charge is 0.444 e. The standard InChI is InChI=1S/C11H22N4O3/c1-7(9(12)14-17)15-5-8(6-15)13-10(16)18-11(2,3)4/h7-8,17H,5-6H2,1-4H3,(H2,12,14)(H,13,16)/t7-/m0/s1. The topological polar surface area (TPSA) is 100 Å². The molecule has 0 unspecified atom stereocenters. The van der Waals surface area contributed by atoms with Gasteiger partial charge in [0.15, 0.2) is 5.84 Å². The number of amidine groups is 1. The van der Waals surface area contributed by atoms with E-state index in [2.05, 4.69) is 10.5 Å². The molecule has 0 aromatic rings. The van der Waals surface area contributed by atoms with Crippen LogP contribution in [-0.4, -0.2) is 52.8 Å². The van der Waals surface area contributed by atoms with E-state index in [1.54, 1.807) is 0 Å². The van der Waals surface area contributed by atoms with Crippen LogP contribution in [0, 0.1) is 0 Å². The van der Waals surface area contributed by atoms with Crippen LogP contribution in [0.25, 0.3) is 0 Å². The number of hydrogen-bond donors (Lipinski definition) is 3. The lowest BCUT2D eigenvalue weighted by Gasteiger charge is -2.42. The van der Waals surface area contributed by atoms with Crippen molar-refractivity contribution in [2.45, 2.75) is 45.4 Å². The molecule has 1 fully saturated rings. The van der Waals surface area contributed by atoms with E-state index < -0.39 is 11.7 Å². The zero-order chi connectivity index (χ0) is 13.9. The van der Waals surface area contributed by atoms with E-state index in [-0.39, 0.29) is 17.9 Å². The summed E-state index contributed by atoms with van der Waals surface area (Å²) in [6.07, 6.45) is -0.413. The molecule has 1 heterocycles. The van der Waals surface area contributed by atoms with Gasteiger partial charge in [-0.3, -0.25) is 4.90 Å². The summed E-state index contributed by atoms with van der Waals surface area (Å²) < 4.78 is 5.15. The third-order valence-corrected chi connectivity index (χ3v) is 2.72. The van der Waals surface area contributed by atoms with E-state index in [9.17, 15) is 4.79 Å². The first-order valence-electron chi connectivity index (χ1n) is 5.94. The number of alkyl carbamates (subject to hydrolysis) is 1. The van der Waals surface area contributed by atoms with Gasteiger partial charge in [0.25, 0.3) is 0 Å². The summed E-state index contributed by atoms with van der Waals surface area (Å²) in [4.78, 5) is 13.5. The fourth-order valence-electron chi connectivity index (χ4n) is 1.67. The lowest BCUT2D eigenvalue weighted by atomic mass is 10.1. The highest BCUT2D eigenvalue weighted by atomic mass is 16.6. The number of nitrogens with one attached hydrogen (secondary N) is 1. The lowest BCUT2D eigenvalue weighted by Crippen LogP contribution is -2.64. The van der Waals surface area contributed by atoms with Crippen molar-refractivity contribution in [1.82, 2.24) is 10.2 Å². The van der Waals surface area contributed by atoms with Gasteiger partial charge in [-0.05, 0) is 27.7 Å². The van der Waals surface area contributed by atoms with Crippen LogP contribution >= 0.6 is 0 Å². The Morgan fingerprint density at radius 2 is 2.11 bits per heavy atom. The first kappa shape index (κ1) is 14.6. The highest BCUT2D eigenvalue weighted by Crippen LogP contribution is 2.13. The molecule has 0 bridgehead atoms. The Kier molecular flexibility index (Phi) is 4.39. The van der Waals surface area contributed by atoms with Crippen LogP contribution in [0.3, 0.4) is 0 Å². The molecule has 1 aliphatic rings. The van der Waals surface area contributed by atoms with Gasteiger partial charge in [-0.2, -0.15) is 0 Å². The second-order valence-corrected chi connectivity index (χ2v) is 5.50. The minimum Gasteiger partial charge on any atom is -0.444 e. The maximum atomic E-state index is 11.5. The third-order valence-electron chi connectivity index (χ3n) is 2.72. The number of ether oxygens (including phenoxy) is 1. The fourth-order valence-corrected chi connectivity index (χ4v) is 1.67. The second-order valence-electron chi connectivity index (χ2n) is 5.50. The molecule has 1 rings (SSSR count). The van der Waals surface area contributed by atoms with E-state index in [4.69, 9.17) is 15.7 Å². The van der Waals surface area contributed by atoms with E-state index in [0.717, 1.165) is 0 Å². The molecule has 0 radical (unpaired) electrons. The Morgan fingerprint density at radius 1 is 1.56 bits per heavy atom. The third kappa shape index (κ3) is 4.06. The summed E-state index contributed by atoms with van der Waals surface area (Å²) in [6, 6.07) is -0.0829. The molecule has 7 nitrogen and oxygen atoms in total. The first-order valence-corrected chi connectivity index (χ1v) is 5.94. The number of hydrogen-bond acceptors (Lipinski definition) is 5. The van der Waals surface area contributed by atoms with Crippen molar-refractivity contribution < 1.29 is 14.7 Å². The van der Waals surface area contributed by atoms with Crippen molar-refractivity contribution in [2.75, 3.05) is 13.1 Å². The molecular formula is C11H22N4O3. The molecule has 4 N–H and O–H groups in total. The van der Waals surface area contributed by atoms with Gasteiger partial charge < -0.3 is 21.0 Å². The molecule has 18 heavy (non-hydrogen) atoms. The van der Waals surface area contributed by atoms with Gasteiger partial charge in [-0.15, -0.1) is 0 Å². The zero-order valence-corrected chi connectivity index (χ0v) is 11.3. The molecule has 1 amide bonds. The Labute approximate surface area is 107 Å². The van der Waals surface area contributed by atoms with Crippen LogP contribution < -0.4 is 11.1 Å². The normalized spacial score (nSPS) is 20.1. The number of nitrogens with zero attached hydrogens (tertiary/aromatic N) is 2. The predicted molar refractivity (Wildman–Crippen MR) is 67.6 cm³/mol. The van der Waals surface area contributed by atoms with Gasteiger partial charge >= 0.3 is 6.09 Å². The van der Waals surface area contributed by atoms with E-state index in [1.165, 1.54) is 0 Å². The van der Waals surface area contributed by atoms with Crippen LogP contribution in [0.1, 0.15) is 27.7 Å². The molecule has 1 atom stereocenters. The van der Waals surface area contributed by atoms with Gasteiger partial charge in [-0.25, -0.2) is 4.79 Å². The van der Waals surface area contributed by atoms with Crippen molar-refractivity contribution in [3.63, 3.8) is 0 Å². The van der Waals surface area contributed by atoms with E-state index >= 15 is 0 Å². The summed E-state index contributed by atoms with van der Waals surface area (Å²) in [5.74, 6) is 0.172. The molecule has 1 saturated heterocycles. The number of carbonyl (C=O) groups excluding carboxylic acids is 1. The minimum atomic E-state index is -0.491. The summed E-state index contributed by atoms with van der Waals surface area (Å²) in [7, 11) is 0. The van der Waals surface area contributed by atoms with E-state index in [0.29, 0.717) is 13.1 Å². The predicted octanol–water partition coefficient (Wildman–Crippen LogP) is 0.330. The molecule has 7 heteroatoms. The summed E-state index contributed by atoms with van der Waals surface area (Å²) >= 11 is 0. The number of oxime groups is 1. The van der Waals surface area contributed by atoms with Crippen molar-refractivity contribution in [3.05, 3.63) is 0 Å². The Hall–Kier alpha value is -1.50. The number of carbonyl (C=O) groups is 1. The van der Waals surface area contributed by atoms with Crippen molar-refractivity contribution in [2.24, 2.45) is 10.9 Å². The average molecular weight is 258 g/mol. The molecular weight excluding hydrogens is 236 g/mol. The molecule has 0 saturated carbocycles. The summed E-state index contributed by atoms with van der Waals surface area (Å²) in [5.41, 5.74) is 5.01. The smallest absolute Gasteiger partial charge is 0.407 e. The van der Waals surface area contributed by atoms with Crippen LogP contribution in [-0.2, 0) is 4.74 Å². The van der Waals surface area contributed by atoms with Crippen molar-refractivity contribution >= 4 is 11.9 Å². The fraction of sp³-hybridized carbons (Fsp3) is 0.818. The Morgan fingerprint density at radius 3 is 2.56 bits per heavy atom. The van der Waals surface area contributed by atoms with Gasteiger partial charge in [0.2, 0.25) is 0 Å². The van der Waals surface area contributed by atoms with Gasteiger partial charge in [-0.1, -0.05) is 5.16 Å². The summed E-state index contributed by atoms with van der Waals surface area (Å²) in [5, 5.41) is 14.3. The monoisotopic (exact) mass is 258 g/mol. The first-order chi connectivity index (χ1) is 8.23. The van der Waals surface area contributed by atoms with Crippen LogP contribution in [0.15, 0.2) is 5.16 Å². The number of nitrogens with two attached hydrogens (primary N) is 1. The van der Waals surface area contributed by atoms with E-state index in [1.807, 2.05) is 32.6 Å². The Bertz CT molecular complexity index is 332. The number of likely N-dealkylation sites (tertiary alicyclic amines) is 1. The molecule has 0 spiro atoms. The maximum Gasteiger partial charge on any atom is 0.407 e. The molecule has 104 valence electrons. The summed E-state index contributed by atoms with van der Waals surface area (Å²) in [6.45, 7) is 8.63. The number of amides is 1. The van der Waals surface area contributed by atoms with Gasteiger partial charge in [0, 0.05) is 13.1 Å². The molecule has 1 aliphatic heterocycles. The average Bonchev–Trinajstić information content (AvgIpc) is 2.18. The van der Waals surface area contributed by atoms with Crippen LogP contribution in [0.5, 0.6) is 0 Å². The van der Waals surface area contributed by atoms with Gasteiger partial charge in [0.05, 0.1) is 12.1 Å². The quantitative estimate of drug-likeness (QED) is 0.293. The highest BCUT2D eigenvalue weighted by Gasteiger charge is 2.33. The molecule has 0 aromatic carbocycles. The zero-order valence-electron chi connectivity index (χ0n) is 11.3. The second kappa shape index (κ2) is 5.43. The molecule has 0 aliphatic carbocycles. The van der Waals surface area contributed by atoms with Crippen molar-refractivity contribution in [1.29, 1.82) is 0 Å². The van der Waals surface area contributed by atoms with Crippen LogP contribution in [0.2, 0.25) is 0 Å². The SMILES string of the molecule is C[C@@H](C(N)=NO)N1CC(NC(=O)OC(C)(C)C)C1. The van der Waals surface area contributed by atoms with Crippen LogP contribution in [0.4, 0.5) is 4.79 Å². The maximum absolute atomic E-state index is 11.5. The number of rotatable bonds is 3. The van der Waals surface area contributed by atoms with Crippen molar-refractivity contribution in [3.8, 4) is 0 Å². The van der Waals surface area contributed by atoms with Gasteiger partial charge in [0.1, 0.15) is 5.60 Å². The highest BCUT2D eigenvalue weighted by molar-refractivity contribution is 5.84. The Balaban J connectivity index is 2.29. The minimum absolute atomic E-state index is 0.0498. The molecule has 0 aromatic heterocycles.